The van der Waals surface area contributed by atoms with E-state index in [1.807, 2.05) is 6.92 Å². The van der Waals surface area contributed by atoms with E-state index >= 15 is 0 Å². The summed E-state index contributed by atoms with van der Waals surface area (Å²) < 4.78 is 15.0. The van der Waals surface area contributed by atoms with Crippen molar-refractivity contribution >= 4 is 5.91 Å². The molecular weight excluding hydrogens is 257 g/mol. The van der Waals surface area contributed by atoms with Gasteiger partial charge in [-0.15, -0.1) is 0 Å². The predicted octanol–water partition coefficient (Wildman–Crippen LogP) is 2.54. The molecule has 5 heteroatoms. The average Bonchev–Trinajstić information content (AvgIpc) is 3.17. The van der Waals surface area contributed by atoms with Crippen LogP contribution in [0.4, 0.5) is 4.39 Å². The summed E-state index contributed by atoms with van der Waals surface area (Å²) in [6.07, 6.45) is 3.94. The number of benzene rings is 1. The molecule has 0 spiro atoms. The predicted molar refractivity (Wildman–Crippen MR) is 73.2 cm³/mol. The first-order valence-electron chi connectivity index (χ1n) is 6.76. The van der Waals surface area contributed by atoms with E-state index in [4.69, 9.17) is 0 Å². The Bertz CT molecular complexity index is 634. The van der Waals surface area contributed by atoms with Crippen LogP contribution < -0.4 is 5.32 Å². The quantitative estimate of drug-likeness (QED) is 0.930. The lowest BCUT2D eigenvalue weighted by atomic mass is 10.2. The molecule has 0 saturated heterocycles. The van der Waals surface area contributed by atoms with Crippen molar-refractivity contribution in [1.82, 2.24) is 15.1 Å². The number of hydrogen-bond acceptors (Lipinski definition) is 2. The molecule has 20 heavy (non-hydrogen) atoms. The molecule has 1 fully saturated rings. The Balaban J connectivity index is 1.76. The molecule has 1 amide bonds. The Morgan fingerprint density at radius 2 is 2.15 bits per heavy atom. The van der Waals surface area contributed by atoms with Crippen molar-refractivity contribution in [2.45, 2.75) is 25.8 Å². The molecule has 0 bridgehead atoms. The van der Waals surface area contributed by atoms with Gasteiger partial charge in [0.2, 0.25) is 0 Å². The number of para-hydroxylation sites is 1. The Kier molecular flexibility index (Phi) is 3.26. The summed E-state index contributed by atoms with van der Waals surface area (Å²) in [7, 11) is 0. The average molecular weight is 273 g/mol. The monoisotopic (exact) mass is 273 g/mol. The van der Waals surface area contributed by atoms with E-state index < -0.39 is 0 Å². The van der Waals surface area contributed by atoms with Crippen LogP contribution in [-0.4, -0.2) is 21.7 Å². The van der Waals surface area contributed by atoms with Gasteiger partial charge in [0.15, 0.2) is 5.69 Å². The molecule has 0 aliphatic heterocycles. The fraction of sp³-hybridized carbons (Fsp3) is 0.333. The SMILES string of the molecule is CC(NC(=O)c1ccn(-c2ccccc2F)n1)C1CC1. The molecule has 4 nitrogen and oxygen atoms in total. The summed E-state index contributed by atoms with van der Waals surface area (Å²) in [5, 5.41) is 7.07. The second-order valence-electron chi connectivity index (χ2n) is 5.20. The lowest BCUT2D eigenvalue weighted by Gasteiger charge is -2.11. The summed E-state index contributed by atoms with van der Waals surface area (Å²) in [6, 6.07) is 8.10. The van der Waals surface area contributed by atoms with Gasteiger partial charge in [0.05, 0.1) is 0 Å². The molecule has 1 unspecified atom stereocenters. The highest BCUT2D eigenvalue weighted by atomic mass is 19.1. The van der Waals surface area contributed by atoms with Crippen molar-refractivity contribution in [3.05, 3.63) is 48.0 Å². The molecule has 3 rings (SSSR count). The van der Waals surface area contributed by atoms with Gasteiger partial charge in [-0.3, -0.25) is 4.79 Å². The van der Waals surface area contributed by atoms with Gasteiger partial charge in [-0.05, 0) is 43.9 Å². The molecule has 1 aromatic carbocycles. The zero-order valence-corrected chi connectivity index (χ0v) is 11.2. The smallest absolute Gasteiger partial charge is 0.272 e. The van der Waals surface area contributed by atoms with Gasteiger partial charge in [0.25, 0.3) is 5.91 Å². The molecule has 1 aliphatic rings. The van der Waals surface area contributed by atoms with Gasteiger partial charge in [-0.1, -0.05) is 12.1 Å². The summed E-state index contributed by atoms with van der Waals surface area (Å²) in [5.41, 5.74) is 0.641. The van der Waals surface area contributed by atoms with Crippen LogP contribution >= 0.6 is 0 Å². The van der Waals surface area contributed by atoms with Crippen LogP contribution in [-0.2, 0) is 0 Å². The van der Waals surface area contributed by atoms with Crippen molar-refractivity contribution in [3.63, 3.8) is 0 Å². The minimum Gasteiger partial charge on any atom is -0.348 e. The highest BCUT2D eigenvalue weighted by Gasteiger charge is 2.29. The van der Waals surface area contributed by atoms with Crippen molar-refractivity contribution < 1.29 is 9.18 Å². The minimum atomic E-state index is -0.367. The molecule has 1 heterocycles. The van der Waals surface area contributed by atoms with Crippen LogP contribution in [0.15, 0.2) is 36.5 Å². The third-order valence-corrected chi connectivity index (χ3v) is 3.61. The van der Waals surface area contributed by atoms with Crippen LogP contribution in [0, 0.1) is 11.7 Å². The van der Waals surface area contributed by atoms with Crippen LogP contribution in [0.25, 0.3) is 5.69 Å². The number of amides is 1. The maximum atomic E-state index is 13.6. The zero-order chi connectivity index (χ0) is 14.1. The molecule has 1 aromatic heterocycles. The van der Waals surface area contributed by atoms with E-state index in [0.29, 0.717) is 17.3 Å². The fourth-order valence-corrected chi connectivity index (χ4v) is 2.21. The van der Waals surface area contributed by atoms with Crippen molar-refractivity contribution in [1.29, 1.82) is 0 Å². The number of hydrogen-bond donors (Lipinski definition) is 1. The Morgan fingerprint density at radius 1 is 1.40 bits per heavy atom. The highest BCUT2D eigenvalue weighted by molar-refractivity contribution is 5.92. The number of carbonyl (C=O) groups is 1. The normalized spacial score (nSPS) is 15.9. The number of aromatic nitrogens is 2. The van der Waals surface area contributed by atoms with Gasteiger partial charge in [-0.25, -0.2) is 9.07 Å². The van der Waals surface area contributed by atoms with Crippen molar-refractivity contribution in [2.75, 3.05) is 0 Å². The first kappa shape index (κ1) is 12.8. The third-order valence-electron chi connectivity index (χ3n) is 3.61. The van der Waals surface area contributed by atoms with Crippen LogP contribution in [0.2, 0.25) is 0 Å². The van der Waals surface area contributed by atoms with E-state index in [1.54, 1.807) is 30.5 Å². The highest BCUT2D eigenvalue weighted by Crippen LogP contribution is 2.32. The molecule has 1 N–H and O–H groups in total. The second kappa shape index (κ2) is 5.07. The van der Waals surface area contributed by atoms with E-state index in [0.717, 1.165) is 0 Å². The summed E-state index contributed by atoms with van der Waals surface area (Å²) in [5.74, 6) is 0.0148. The Labute approximate surface area is 116 Å². The minimum absolute atomic E-state index is 0.168. The van der Waals surface area contributed by atoms with Gasteiger partial charge >= 0.3 is 0 Å². The van der Waals surface area contributed by atoms with Crippen LogP contribution in [0.3, 0.4) is 0 Å². The molecular formula is C15H16FN3O. The lowest BCUT2D eigenvalue weighted by Crippen LogP contribution is -2.34. The second-order valence-corrected chi connectivity index (χ2v) is 5.20. The fourth-order valence-electron chi connectivity index (χ4n) is 2.21. The standard InChI is InChI=1S/C15H16FN3O/c1-10(11-6-7-11)17-15(20)13-8-9-19(18-13)14-5-3-2-4-12(14)16/h2-5,8-11H,6-7H2,1H3,(H,17,20). The number of nitrogens with zero attached hydrogens (tertiary/aromatic N) is 2. The molecule has 104 valence electrons. The molecule has 1 saturated carbocycles. The third kappa shape index (κ3) is 2.57. The number of rotatable bonds is 4. The molecule has 1 atom stereocenters. The van der Waals surface area contributed by atoms with Crippen LogP contribution in [0.5, 0.6) is 0 Å². The van der Waals surface area contributed by atoms with Crippen LogP contribution in [0.1, 0.15) is 30.3 Å². The first-order valence-corrected chi connectivity index (χ1v) is 6.76. The first-order chi connectivity index (χ1) is 9.65. The Morgan fingerprint density at radius 3 is 2.85 bits per heavy atom. The van der Waals surface area contributed by atoms with Gasteiger partial charge in [-0.2, -0.15) is 5.10 Å². The van der Waals surface area contributed by atoms with Crippen molar-refractivity contribution in [3.8, 4) is 5.69 Å². The maximum absolute atomic E-state index is 13.6. The molecule has 2 aromatic rings. The van der Waals surface area contributed by atoms with Gasteiger partial charge in [0, 0.05) is 12.2 Å². The van der Waals surface area contributed by atoms with Gasteiger partial charge in [0.1, 0.15) is 11.5 Å². The van der Waals surface area contributed by atoms with E-state index in [9.17, 15) is 9.18 Å². The topological polar surface area (TPSA) is 46.9 Å². The van der Waals surface area contributed by atoms with Crippen molar-refractivity contribution in [2.24, 2.45) is 5.92 Å². The van der Waals surface area contributed by atoms with E-state index in [2.05, 4.69) is 10.4 Å². The number of carbonyl (C=O) groups excluding carboxylic acids is 1. The lowest BCUT2D eigenvalue weighted by molar-refractivity contribution is 0.0930. The largest absolute Gasteiger partial charge is 0.348 e. The molecule has 0 radical (unpaired) electrons. The van der Waals surface area contributed by atoms with E-state index in [-0.39, 0.29) is 17.8 Å². The summed E-state index contributed by atoms with van der Waals surface area (Å²) >= 11 is 0. The summed E-state index contributed by atoms with van der Waals surface area (Å²) in [6.45, 7) is 2.00. The maximum Gasteiger partial charge on any atom is 0.272 e. The zero-order valence-electron chi connectivity index (χ0n) is 11.2. The summed E-state index contributed by atoms with van der Waals surface area (Å²) in [4.78, 5) is 12.0. The van der Waals surface area contributed by atoms with E-state index in [1.165, 1.54) is 23.6 Å². The number of nitrogens with one attached hydrogen (secondary N) is 1. The van der Waals surface area contributed by atoms with Gasteiger partial charge < -0.3 is 5.32 Å². The molecule has 1 aliphatic carbocycles. The number of halogens is 1. The Hall–Kier alpha value is -2.17.